The maximum atomic E-state index is 12.6. The van der Waals surface area contributed by atoms with E-state index < -0.39 is 0 Å². The van der Waals surface area contributed by atoms with Crippen molar-refractivity contribution in [2.24, 2.45) is 0 Å². The molecular weight excluding hydrogens is 400 g/mol. The molecule has 1 aromatic carbocycles. The highest BCUT2D eigenvalue weighted by molar-refractivity contribution is 7.99. The SMILES string of the molecule is Nc1nc(SCC(=O)NC2CCCc3ccccc32)nc2sc3c(c12)CCCC3. The Labute approximate surface area is 178 Å². The van der Waals surface area contributed by atoms with Gasteiger partial charge in [0.1, 0.15) is 10.6 Å². The number of nitrogens with two attached hydrogens (primary N) is 1. The van der Waals surface area contributed by atoms with E-state index in [9.17, 15) is 4.79 Å². The molecule has 0 bridgehead atoms. The first-order valence-corrected chi connectivity index (χ1v) is 12.1. The summed E-state index contributed by atoms with van der Waals surface area (Å²) in [6.45, 7) is 0. The van der Waals surface area contributed by atoms with Crippen molar-refractivity contribution in [1.82, 2.24) is 15.3 Å². The van der Waals surface area contributed by atoms with Crippen LogP contribution >= 0.6 is 23.1 Å². The third-order valence-electron chi connectivity index (χ3n) is 5.86. The maximum absolute atomic E-state index is 12.6. The summed E-state index contributed by atoms with van der Waals surface area (Å²) in [7, 11) is 0. The molecule has 5 nitrogen and oxygen atoms in total. The fraction of sp³-hybridized carbons (Fsp3) is 0.409. The molecule has 29 heavy (non-hydrogen) atoms. The number of anilines is 1. The Morgan fingerprint density at radius 2 is 2.03 bits per heavy atom. The van der Waals surface area contributed by atoms with Gasteiger partial charge in [0.2, 0.25) is 5.91 Å². The molecule has 2 aliphatic rings. The normalized spacial score (nSPS) is 18.3. The number of carbonyl (C=O) groups excluding carboxylic acids is 1. The summed E-state index contributed by atoms with van der Waals surface area (Å²) in [5, 5.41) is 4.82. The van der Waals surface area contributed by atoms with Gasteiger partial charge in [0.25, 0.3) is 0 Å². The number of fused-ring (bicyclic) bond motifs is 4. The predicted molar refractivity (Wildman–Crippen MR) is 119 cm³/mol. The molecule has 2 aromatic heterocycles. The van der Waals surface area contributed by atoms with Crippen molar-refractivity contribution >= 4 is 45.0 Å². The van der Waals surface area contributed by atoms with Gasteiger partial charge < -0.3 is 11.1 Å². The van der Waals surface area contributed by atoms with Crippen LogP contribution in [0.5, 0.6) is 0 Å². The number of carbonyl (C=O) groups is 1. The van der Waals surface area contributed by atoms with Crippen LogP contribution in [-0.4, -0.2) is 21.6 Å². The van der Waals surface area contributed by atoms with E-state index in [4.69, 9.17) is 10.7 Å². The van der Waals surface area contributed by atoms with Gasteiger partial charge in [0, 0.05) is 4.88 Å². The highest BCUT2D eigenvalue weighted by Crippen LogP contribution is 2.38. The summed E-state index contributed by atoms with van der Waals surface area (Å²) in [6, 6.07) is 8.51. The topological polar surface area (TPSA) is 80.9 Å². The lowest BCUT2D eigenvalue weighted by Crippen LogP contribution is -2.32. The summed E-state index contributed by atoms with van der Waals surface area (Å²) in [5.41, 5.74) is 10.2. The maximum Gasteiger partial charge on any atom is 0.230 e. The molecule has 1 amide bonds. The number of thiophene rings is 1. The fourth-order valence-electron chi connectivity index (χ4n) is 4.50. The summed E-state index contributed by atoms with van der Waals surface area (Å²) >= 11 is 3.10. The van der Waals surface area contributed by atoms with Crippen LogP contribution in [0.4, 0.5) is 5.82 Å². The molecule has 0 saturated heterocycles. The Morgan fingerprint density at radius 3 is 2.97 bits per heavy atom. The van der Waals surface area contributed by atoms with Crippen molar-refractivity contribution < 1.29 is 4.79 Å². The summed E-state index contributed by atoms with van der Waals surface area (Å²) in [5.74, 6) is 0.872. The minimum absolute atomic E-state index is 0.0180. The second-order valence-corrected chi connectivity index (χ2v) is 9.81. The molecule has 1 unspecified atom stereocenters. The quantitative estimate of drug-likeness (QED) is 0.478. The molecule has 0 spiro atoms. The van der Waals surface area contributed by atoms with Crippen molar-refractivity contribution in [2.75, 3.05) is 11.5 Å². The van der Waals surface area contributed by atoms with Crippen LogP contribution in [0.25, 0.3) is 10.2 Å². The molecule has 1 atom stereocenters. The minimum Gasteiger partial charge on any atom is -0.383 e. The van der Waals surface area contributed by atoms with Gasteiger partial charge in [-0.15, -0.1) is 11.3 Å². The van der Waals surface area contributed by atoms with Crippen LogP contribution in [0, 0.1) is 0 Å². The largest absolute Gasteiger partial charge is 0.383 e. The molecule has 150 valence electrons. The van der Waals surface area contributed by atoms with Crippen LogP contribution in [0.15, 0.2) is 29.4 Å². The Hall–Kier alpha value is -2.12. The number of hydrogen-bond acceptors (Lipinski definition) is 6. The zero-order chi connectivity index (χ0) is 19.8. The first-order valence-electron chi connectivity index (χ1n) is 10.3. The molecule has 0 fully saturated rings. The van der Waals surface area contributed by atoms with Gasteiger partial charge in [-0.3, -0.25) is 4.79 Å². The lowest BCUT2D eigenvalue weighted by molar-refractivity contribution is -0.119. The van der Waals surface area contributed by atoms with Gasteiger partial charge in [-0.25, -0.2) is 9.97 Å². The van der Waals surface area contributed by atoms with Crippen molar-refractivity contribution in [2.45, 2.75) is 56.1 Å². The average molecular weight is 425 g/mol. The zero-order valence-corrected chi connectivity index (χ0v) is 17.9. The van der Waals surface area contributed by atoms with E-state index in [0.717, 1.165) is 42.3 Å². The summed E-state index contributed by atoms with van der Waals surface area (Å²) in [4.78, 5) is 24.2. The molecule has 2 aliphatic carbocycles. The first-order chi connectivity index (χ1) is 14.2. The predicted octanol–water partition coefficient (Wildman–Crippen LogP) is 4.44. The van der Waals surface area contributed by atoms with Crippen LogP contribution < -0.4 is 11.1 Å². The number of nitrogens with one attached hydrogen (secondary N) is 1. The number of hydrogen-bond donors (Lipinski definition) is 2. The lowest BCUT2D eigenvalue weighted by atomic mass is 9.88. The van der Waals surface area contributed by atoms with Gasteiger partial charge >= 0.3 is 0 Å². The third-order valence-corrected chi connectivity index (χ3v) is 7.89. The standard InChI is InChI=1S/C22H24N4OS2/c23-20-19-15-9-3-4-11-17(15)29-21(19)26-22(25-20)28-12-18(27)24-16-10-5-7-13-6-1-2-8-14(13)16/h1-2,6,8,16H,3-5,7,9-12H2,(H,24,27)(H2,23,25,26). The first kappa shape index (κ1) is 18.9. The number of nitrogens with zero attached hydrogens (tertiary/aromatic N) is 2. The van der Waals surface area contributed by atoms with E-state index in [1.165, 1.54) is 46.2 Å². The molecule has 0 saturated carbocycles. The molecule has 7 heteroatoms. The van der Waals surface area contributed by atoms with Crippen molar-refractivity contribution in [3.63, 3.8) is 0 Å². The average Bonchev–Trinajstić information content (AvgIpc) is 3.11. The van der Waals surface area contributed by atoms with Crippen molar-refractivity contribution in [3.05, 3.63) is 45.8 Å². The molecule has 3 N–H and O–H groups in total. The van der Waals surface area contributed by atoms with E-state index >= 15 is 0 Å². The highest BCUT2D eigenvalue weighted by Gasteiger charge is 2.23. The van der Waals surface area contributed by atoms with E-state index in [2.05, 4.69) is 28.5 Å². The fourth-order valence-corrected chi connectivity index (χ4v) is 6.49. The van der Waals surface area contributed by atoms with Crippen molar-refractivity contribution in [3.8, 4) is 0 Å². The molecule has 5 rings (SSSR count). The Morgan fingerprint density at radius 1 is 1.17 bits per heavy atom. The van der Waals surface area contributed by atoms with E-state index in [1.54, 1.807) is 11.3 Å². The number of aromatic nitrogens is 2. The minimum atomic E-state index is 0.0180. The number of benzene rings is 1. The summed E-state index contributed by atoms with van der Waals surface area (Å²) in [6.07, 6.45) is 7.82. The summed E-state index contributed by atoms with van der Waals surface area (Å²) < 4.78 is 0. The molecular formula is C22H24N4OS2. The molecule has 0 aliphatic heterocycles. The van der Waals surface area contributed by atoms with E-state index in [-0.39, 0.29) is 11.9 Å². The van der Waals surface area contributed by atoms with Crippen LogP contribution in [0.3, 0.4) is 0 Å². The molecule has 3 aromatic rings. The number of rotatable bonds is 4. The lowest BCUT2D eigenvalue weighted by Gasteiger charge is -2.26. The van der Waals surface area contributed by atoms with Gasteiger partial charge in [-0.2, -0.15) is 0 Å². The van der Waals surface area contributed by atoms with Crippen LogP contribution in [-0.2, 0) is 24.1 Å². The number of thioether (sulfide) groups is 1. The van der Waals surface area contributed by atoms with Gasteiger partial charge in [0.15, 0.2) is 5.16 Å². The van der Waals surface area contributed by atoms with Gasteiger partial charge in [-0.1, -0.05) is 36.0 Å². The Balaban J connectivity index is 1.28. The Bertz CT molecular complexity index is 1080. The van der Waals surface area contributed by atoms with Gasteiger partial charge in [0.05, 0.1) is 17.2 Å². The second-order valence-electron chi connectivity index (χ2n) is 7.78. The Kier molecular flexibility index (Phi) is 5.18. The number of nitrogen functional groups attached to an aromatic ring is 1. The van der Waals surface area contributed by atoms with Gasteiger partial charge in [-0.05, 0) is 61.6 Å². The van der Waals surface area contributed by atoms with E-state index in [1.807, 2.05) is 6.07 Å². The molecule has 2 heterocycles. The van der Waals surface area contributed by atoms with Crippen LogP contribution in [0.1, 0.15) is 53.3 Å². The monoisotopic (exact) mass is 424 g/mol. The highest BCUT2D eigenvalue weighted by atomic mass is 32.2. The number of amides is 1. The second kappa shape index (κ2) is 7.95. The van der Waals surface area contributed by atoms with Crippen molar-refractivity contribution in [1.29, 1.82) is 0 Å². The number of aryl methyl sites for hydroxylation is 3. The third kappa shape index (κ3) is 3.73. The smallest absolute Gasteiger partial charge is 0.230 e. The van der Waals surface area contributed by atoms with E-state index in [0.29, 0.717) is 16.7 Å². The van der Waals surface area contributed by atoms with Crippen LogP contribution in [0.2, 0.25) is 0 Å². The molecule has 0 radical (unpaired) electrons. The zero-order valence-electron chi connectivity index (χ0n) is 16.2.